The molecule has 2 aromatic carbocycles. The molecule has 0 fully saturated rings. The summed E-state index contributed by atoms with van der Waals surface area (Å²) in [6, 6.07) is 17.7. The highest BCUT2D eigenvalue weighted by molar-refractivity contribution is 5.78. The molecule has 3 aromatic rings. The first kappa shape index (κ1) is 36.0. The molecule has 1 atom stereocenters. The van der Waals surface area contributed by atoms with E-state index in [0.717, 1.165) is 59.5 Å². The van der Waals surface area contributed by atoms with Crippen LogP contribution in [-0.4, -0.2) is 37.2 Å². The van der Waals surface area contributed by atoms with Crippen molar-refractivity contribution in [3.8, 4) is 17.6 Å². The number of aryl methyl sites for hydroxylation is 1. The molecule has 0 aliphatic rings. The van der Waals surface area contributed by atoms with Crippen molar-refractivity contribution in [3.05, 3.63) is 83.7 Å². The van der Waals surface area contributed by atoms with E-state index < -0.39 is 10.8 Å². The van der Waals surface area contributed by atoms with Gasteiger partial charge in [0.15, 0.2) is 0 Å². The lowest BCUT2D eigenvalue weighted by Crippen LogP contribution is -2.38. The molecular formula is C38H49N3O5. The fourth-order valence-corrected chi connectivity index (χ4v) is 4.92. The quantitative estimate of drug-likeness (QED) is 0.0714. The summed E-state index contributed by atoms with van der Waals surface area (Å²) < 4.78 is 16.4. The predicted octanol–water partition coefficient (Wildman–Crippen LogP) is 7.96. The van der Waals surface area contributed by atoms with Crippen LogP contribution in [0.1, 0.15) is 83.4 Å². The molecular weight excluding hydrogens is 578 g/mol. The second-order valence-electron chi connectivity index (χ2n) is 12.9. The lowest BCUT2D eigenvalue weighted by Gasteiger charge is -2.34. The third kappa shape index (κ3) is 11.1. The van der Waals surface area contributed by atoms with Gasteiger partial charge in [0.1, 0.15) is 5.75 Å². The van der Waals surface area contributed by atoms with E-state index in [0.29, 0.717) is 19.6 Å². The maximum atomic E-state index is 12.8. The van der Waals surface area contributed by atoms with Crippen LogP contribution >= 0.6 is 0 Å². The van der Waals surface area contributed by atoms with E-state index in [4.69, 9.17) is 14.2 Å². The van der Waals surface area contributed by atoms with Crippen LogP contribution in [0.15, 0.2) is 67.0 Å². The molecule has 3 rings (SSSR count). The number of rotatable bonds is 16. The Hall–Kier alpha value is -4.51. The molecule has 0 saturated heterocycles. The number of anilines is 2. The van der Waals surface area contributed by atoms with E-state index in [1.54, 1.807) is 12.4 Å². The number of benzene rings is 2. The van der Waals surface area contributed by atoms with Gasteiger partial charge in [0.05, 0.1) is 42.5 Å². The number of esters is 2. The monoisotopic (exact) mass is 627 g/mol. The summed E-state index contributed by atoms with van der Waals surface area (Å²) >= 11 is 0. The molecule has 8 nitrogen and oxygen atoms in total. The highest BCUT2D eigenvalue weighted by Crippen LogP contribution is 2.38. The standard InChI is InChI=1S/C38H49N3O5/c1-28-26-33(15-14-31(28)13-12-30-20-22-39-23-21-30)41-40-32-16-18-34(19-17-32)45-24-10-8-9-11-25-46-36(43)38(5,6)29(2)27-37(3,4)35(42)44-7/h14-23,26,29,40-41H,8-11,24-25,27H2,1-7H3. The van der Waals surface area contributed by atoms with E-state index >= 15 is 0 Å². The highest BCUT2D eigenvalue weighted by Gasteiger charge is 2.41. The van der Waals surface area contributed by atoms with Gasteiger partial charge >= 0.3 is 11.9 Å². The summed E-state index contributed by atoms with van der Waals surface area (Å²) in [5.74, 6) is 6.67. The van der Waals surface area contributed by atoms with E-state index in [9.17, 15) is 9.59 Å². The van der Waals surface area contributed by atoms with Gasteiger partial charge in [-0.2, -0.15) is 0 Å². The Morgan fingerprint density at radius 3 is 2.11 bits per heavy atom. The van der Waals surface area contributed by atoms with Gasteiger partial charge in [0, 0.05) is 23.5 Å². The Morgan fingerprint density at radius 2 is 1.46 bits per heavy atom. The van der Waals surface area contributed by atoms with Crippen molar-refractivity contribution in [2.24, 2.45) is 16.7 Å². The van der Waals surface area contributed by atoms with Gasteiger partial charge in [-0.15, -0.1) is 0 Å². The number of hydrazine groups is 1. The van der Waals surface area contributed by atoms with E-state index in [1.165, 1.54) is 7.11 Å². The number of carbonyl (C=O) groups is 2. The molecule has 0 amide bonds. The third-order valence-corrected chi connectivity index (χ3v) is 8.31. The van der Waals surface area contributed by atoms with Crippen LogP contribution in [0.4, 0.5) is 11.4 Å². The second-order valence-corrected chi connectivity index (χ2v) is 12.9. The molecule has 0 aliphatic carbocycles. The average Bonchev–Trinajstić information content (AvgIpc) is 3.04. The van der Waals surface area contributed by atoms with Crippen LogP contribution < -0.4 is 15.6 Å². The highest BCUT2D eigenvalue weighted by atomic mass is 16.5. The molecule has 46 heavy (non-hydrogen) atoms. The van der Waals surface area contributed by atoms with Crippen LogP contribution in [0.3, 0.4) is 0 Å². The van der Waals surface area contributed by atoms with Crippen LogP contribution in [0.25, 0.3) is 0 Å². The molecule has 0 saturated carbocycles. The Labute approximate surface area is 274 Å². The Balaban J connectivity index is 1.30. The smallest absolute Gasteiger partial charge is 0.311 e. The fraction of sp³-hybridized carbons (Fsp3) is 0.447. The molecule has 1 heterocycles. The van der Waals surface area contributed by atoms with Crippen molar-refractivity contribution in [1.29, 1.82) is 0 Å². The van der Waals surface area contributed by atoms with Crippen molar-refractivity contribution >= 4 is 23.3 Å². The molecule has 8 heteroatoms. The zero-order chi connectivity index (χ0) is 33.6. The largest absolute Gasteiger partial charge is 0.494 e. The third-order valence-electron chi connectivity index (χ3n) is 8.31. The molecule has 1 unspecified atom stereocenters. The van der Waals surface area contributed by atoms with E-state index in [1.807, 2.05) is 90.1 Å². The predicted molar refractivity (Wildman–Crippen MR) is 183 cm³/mol. The first-order chi connectivity index (χ1) is 21.9. The molecule has 0 radical (unpaired) electrons. The summed E-state index contributed by atoms with van der Waals surface area (Å²) in [5, 5.41) is 0. The number of carbonyl (C=O) groups excluding carboxylic acids is 2. The number of methoxy groups -OCH3 is 1. The number of unbranched alkanes of at least 4 members (excludes halogenated alkanes) is 3. The molecule has 2 N–H and O–H groups in total. The lowest BCUT2D eigenvalue weighted by atomic mass is 9.71. The van der Waals surface area contributed by atoms with Gasteiger partial charge in [0.2, 0.25) is 0 Å². The molecule has 0 spiro atoms. The van der Waals surface area contributed by atoms with E-state index in [-0.39, 0.29) is 17.9 Å². The molecule has 0 aliphatic heterocycles. The molecule has 0 bridgehead atoms. The van der Waals surface area contributed by atoms with Crippen LogP contribution in [-0.2, 0) is 19.1 Å². The van der Waals surface area contributed by atoms with Crippen molar-refractivity contribution < 1.29 is 23.8 Å². The minimum absolute atomic E-state index is 0.0428. The Morgan fingerprint density at radius 1 is 0.826 bits per heavy atom. The van der Waals surface area contributed by atoms with Gasteiger partial charge < -0.3 is 25.1 Å². The maximum Gasteiger partial charge on any atom is 0.311 e. The van der Waals surface area contributed by atoms with Gasteiger partial charge in [-0.05, 0) is 133 Å². The zero-order valence-corrected chi connectivity index (χ0v) is 28.4. The van der Waals surface area contributed by atoms with Gasteiger partial charge in [0.25, 0.3) is 0 Å². The number of nitrogens with one attached hydrogen (secondary N) is 2. The fourth-order valence-electron chi connectivity index (χ4n) is 4.92. The summed E-state index contributed by atoms with van der Waals surface area (Å²) in [5.41, 5.74) is 9.99. The number of hydrogen-bond acceptors (Lipinski definition) is 8. The minimum Gasteiger partial charge on any atom is -0.494 e. The Bertz CT molecular complexity index is 1470. The van der Waals surface area contributed by atoms with Gasteiger partial charge in [-0.1, -0.05) is 18.8 Å². The minimum atomic E-state index is -0.693. The maximum absolute atomic E-state index is 12.8. The van der Waals surface area contributed by atoms with Crippen molar-refractivity contribution in [3.63, 3.8) is 0 Å². The topological polar surface area (TPSA) is 98.8 Å². The SMILES string of the molecule is COC(=O)C(C)(C)CC(C)C(C)(C)C(=O)OCCCCCCOc1ccc(NNc2ccc(C#Cc3ccncc3)c(C)c2)cc1. The van der Waals surface area contributed by atoms with Crippen molar-refractivity contribution in [2.45, 2.75) is 73.6 Å². The first-order valence-electron chi connectivity index (χ1n) is 16.0. The lowest BCUT2D eigenvalue weighted by molar-refractivity contribution is -0.160. The van der Waals surface area contributed by atoms with E-state index in [2.05, 4.69) is 33.7 Å². The summed E-state index contributed by atoms with van der Waals surface area (Å²) in [6.07, 6.45) is 7.68. The van der Waals surface area contributed by atoms with Crippen molar-refractivity contribution in [2.75, 3.05) is 31.2 Å². The summed E-state index contributed by atoms with van der Waals surface area (Å²) in [7, 11) is 1.39. The number of pyridine rings is 1. The average molecular weight is 628 g/mol. The number of nitrogens with zero attached hydrogens (tertiary/aromatic N) is 1. The van der Waals surface area contributed by atoms with Crippen LogP contribution in [0.5, 0.6) is 5.75 Å². The van der Waals surface area contributed by atoms with Crippen LogP contribution in [0, 0.1) is 35.5 Å². The van der Waals surface area contributed by atoms with Gasteiger partial charge in [-0.25, -0.2) is 0 Å². The summed E-state index contributed by atoms with van der Waals surface area (Å²) in [6.45, 7) is 12.5. The first-order valence-corrected chi connectivity index (χ1v) is 16.0. The number of ether oxygens (including phenoxy) is 3. The van der Waals surface area contributed by atoms with Gasteiger partial charge in [-0.3, -0.25) is 14.6 Å². The number of aromatic nitrogens is 1. The van der Waals surface area contributed by atoms with Crippen LogP contribution in [0.2, 0.25) is 0 Å². The molecule has 246 valence electrons. The second kappa shape index (κ2) is 17.3. The molecule has 1 aromatic heterocycles. The normalized spacial score (nSPS) is 11.9. The Kier molecular flexibility index (Phi) is 13.5. The number of hydrogen-bond donors (Lipinski definition) is 2. The summed E-state index contributed by atoms with van der Waals surface area (Å²) in [4.78, 5) is 28.9. The van der Waals surface area contributed by atoms with Crippen molar-refractivity contribution in [1.82, 2.24) is 4.98 Å². The zero-order valence-electron chi connectivity index (χ0n) is 28.4.